The summed E-state index contributed by atoms with van der Waals surface area (Å²) >= 11 is 9.09. The summed E-state index contributed by atoms with van der Waals surface area (Å²) in [6.07, 6.45) is 3.10. The maximum atomic E-state index is 4.49. The third kappa shape index (κ3) is 2.93. The summed E-state index contributed by atoms with van der Waals surface area (Å²) < 4.78 is 2.09. The van der Waals surface area contributed by atoms with Crippen LogP contribution in [-0.4, -0.2) is 29.1 Å². The lowest BCUT2D eigenvalue weighted by atomic mass is 10.3. The molecule has 1 atom stereocenters. The first-order valence-corrected chi connectivity index (χ1v) is 8.01. The smallest absolute Gasteiger partial charge is 0.143 e. The number of rotatable bonds is 2. The van der Waals surface area contributed by atoms with Gasteiger partial charge < -0.3 is 4.90 Å². The van der Waals surface area contributed by atoms with E-state index in [0.717, 1.165) is 33.1 Å². The van der Waals surface area contributed by atoms with Gasteiger partial charge in [-0.05, 0) is 44.3 Å². The van der Waals surface area contributed by atoms with E-state index in [4.69, 9.17) is 0 Å². The predicted molar refractivity (Wildman–Crippen MR) is 78.4 cm³/mol. The van der Waals surface area contributed by atoms with Crippen LogP contribution in [0.15, 0.2) is 21.2 Å². The van der Waals surface area contributed by atoms with Crippen molar-refractivity contribution < 1.29 is 0 Å². The Kier molecular flexibility index (Phi) is 4.56. The first-order valence-electron chi connectivity index (χ1n) is 5.38. The van der Waals surface area contributed by atoms with Gasteiger partial charge in [-0.2, -0.15) is 11.8 Å². The van der Waals surface area contributed by atoms with Crippen molar-refractivity contribution in [2.24, 2.45) is 0 Å². The minimum atomic E-state index is 0.742. The summed E-state index contributed by atoms with van der Waals surface area (Å²) in [7, 11) is 0. The van der Waals surface area contributed by atoms with Crippen LogP contribution in [0.3, 0.4) is 0 Å². The highest BCUT2D eigenvalue weighted by Gasteiger charge is 2.21. The second-order valence-electron chi connectivity index (χ2n) is 3.81. The SMILES string of the molecule is CCC1CN(c2ncc(Br)cc2Br)CCS1. The molecule has 2 nitrogen and oxygen atoms in total. The first-order chi connectivity index (χ1) is 7.70. The van der Waals surface area contributed by atoms with Gasteiger partial charge in [-0.15, -0.1) is 0 Å². The zero-order valence-electron chi connectivity index (χ0n) is 9.12. The van der Waals surface area contributed by atoms with Crippen LogP contribution in [0, 0.1) is 0 Å². The van der Waals surface area contributed by atoms with Gasteiger partial charge in [-0.25, -0.2) is 4.98 Å². The van der Waals surface area contributed by atoms with E-state index in [1.165, 1.54) is 12.2 Å². The second-order valence-corrected chi connectivity index (χ2v) is 6.98. The highest BCUT2D eigenvalue weighted by molar-refractivity contribution is 9.11. The number of halogens is 2. The molecule has 0 spiro atoms. The molecule has 1 aromatic rings. The zero-order valence-corrected chi connectivity index (χ0v) is 13.1. The van der Waals surface area contributed by atoms with E-state index in [0.29, 0.717) is 0 Å². The van der Waals surface area contributed by atoms with Crippen molar-refractivity contribution in [1.82, 2.24) is 4.98 Å². The third-order valence-corrected chi connectivity index (χ3v) is 5.07. The maximum absolute atomic E-state index is 4.49. The van der Waals surface area contributed by atoms with Crippen LogP contribution in [-0.2, 0) is 0 Å². The molecular weight excluding hydrogens is 352 g/mol. The number of anilines is 1. The molecule has 1 aliphatic heterocycles. The van der Waals surface area contributed by atoms with Gasteiger partial charge in [-0.3, -0.25) is 0 Å². The van der Waals surface area contributed by atoms with Gasteiger partial charge in [-0.1, -0.05) is 6.92 Å². The lowest BCUT2D eigenvalue weighted by Crippen LogP contribution is -2.38. The summed E-state index contributed by atoms with van der Waals surface area (Å²) in [5, 5.41) is 0.742. The quantitative estimate of drug-likeness (QED) is 0.789. The highest BCUT2D eigenvalue weighted by atomic mass is 79.9. The van der Waals surface area contributed by atoms with Crippen molar-refractivity contribution in [2.45, 2.75) is 18.6 Å². The van der Waals surface area contributed by atoms with E-state index < -0.39 is 0 Å². The molecule has 0 bridgehead atoms. The summed E-state index contributed by atoms with van der Waals surface area (Å²) in [5.41, 5.74) is 0. The second kappa shape index (κ2) is 5.74. The van der Waals surface area contributed by atoms with Crippen molar-refractivity contribution in [3.63, 3.8) is 0 Å². The first kappa shape index (κ1) is 12.7. The lowest BCUT2D eigenvalue weighted by Gasteiger charge is -2.33. The van der Waals surface area contributed by atoms with Gasteiger partial charge in [0.15, 0.2) is 0 Å². The van der Waals surface area contributed by atoms with Crippen molar-refractivity contribution in [1.29, 1.82) is 0 Å². The molecule has 88 valence electrons. The monoisotopic (exact) mass is 364 g/mol. The van der Waals surface area contributed by atoms with Crippen LogP contribution < -0.4 is 4.90 Å². The molecule has 0 amide bonds. The third-order valence-electron chi connectivity index (χ3n) is 2.68. The number of nitrogens with zero attached hydrogens (tertiary/aromatic N) is 2. The van der Waals surface area contributed by atoms with Crippen molar-refractivity contribution in [3.05, 3.63) is 21.2 Å². The molecule has 2 heterocycles. The van der Waals surface area contributed by atoms with E-state index in [-0.39, 0.29) is 0 Å². The van der Waals surface area contributed by atoms with Gasteiger partial charge in [0.2, 0.25) is 0 Å². The van der Waals surface area contributed by atoms with Crippen LogP contribution in [0.4, 0.5) is 5.82 Å². The van der Waals surface area contributed by atoms with Gasteiger partial charge in [0.1, 0.15) is 5.82 Å². The molecule has 0 aromatic carbocycles. The fourth-order valence-corrected chi connectivity index (χ4v) is 4.22. The normalized spacial score (nSPS) is 21.2. The number of thioether (sulfide) groups is 1. The molecule has 0 N–H and O–H groups in total. The van der Waals surface area contributed by atoms with E-state index in [1.807, 2.05) is 6.20 Å². The Morgan fingerprint density at radius 3 is 3.06 bits per heavy atom. The van der Waals surface area contributed by atoms with Crippen molar-refractivity contribution in [2.75, 3.05) is 23.7 Å². The number of hydrogen-bond donors (Lipinski definition) is 0. The topological polar surface area (TPSA) is 16.1 Å². The van der Waals surface area contributed by atoms with Gasteiger partial charge in [0.05, 0.1) is 4.47 Å². The molecule has 1 aromatic heterocycles. The summed E-state index contributed by atoms with van der Waals surface area (Å²) in [6.45, 7) is 4.45. The zero-order chi connectivity index (χ0) is 11.5. The molecule has 1 saturated heterocycles. The molecule has 16 heavy (non-hydrogen) atoms. The Labute approximate surface area is 117 Å². The highest BCUT2D eigenvalue weighted by Crippen LogP contribution is 2.30. The van der Waals surface area contributed by atoms with Crippen LogP contribution >= 0.6 is 43.6 Å². The van der Waals surface area contributed by atoms with Gasteiger partial charge in [0.25, 0.3) is 0 Å². The van der Waals surface area contributed by atoms with E-state index in [9.17, 15) is 0 Å². The largest absolute Gasteiger partial charge is 0.354 e. The Balaban J connectivity index is 2.16. The standard InChI is InChI=1S/C11H14Br2N2S/c1-2-9-7-15(3-4-16-9)11-10(13)5-8(12)6-14-11/h5-6,9H,2-4,7H2,1H3. The molecule has 0 radical (unpaired) electrons. The Morgan fingerprint density at radius 2 is 2.38 bits per heavy atom. The number of pyridine rings is 1. The minimum Gasteiger partial charge on any atom is -0.354 e. The van der Waals surface area contributed by atoms with Crippen LogP contribution in [0.5, 0.6) is 0 Å². The molecule has 1 fully saturated rings. The van der Waals surface area contributed by atoms with Crippen LogP contribution in [0.1, 0.15) is 13.3 Å². The molecule has 0 saturated carbocycles. The Morgan fingerprint density at radius 1 is 1.56 bits per heavy atom. The van der Waals surface area contributed by atoms with Crippen LogP contribution in [0.2, 0.25) is 0 Å². The Bertz CT molecular complexity index is 373. The lowest BCUT2D eigenvalue weighted by molar-refractivity contribution is 0.718. The average Bonchev–Trinajstić information content (AvgIpc) is 2.29. The van der Waals surface area contributed by atoms with Gasteiger partial charge in [0, 0.05) is 34.8 Å². The van der Waals surface area contributed by atoms with E-state index in [1.54, 1.807) is 0 Å². The fraction of sp³-hybridized carbons (Fsp3) is 0.545. The van der Waals surface area contributed by atoms with Gasteiger partial charge >= 0.3 is 0 Å². The maximum Gasteiger partial charge on any atom is 0.143 e. The molecule has 1 aliphatic rings. The fourth-order valence-electron chi connectivity index (χ4n) is 1.80. The minimum absolute atomic E-state index is 0.742. The molecular formula is C11H14Br2N2S. The number of aromatic nitrogens is 1. The molecule has 2 rings (SSSR count). The van der Waals surface area contributed by atoms with Crippen LogP contribution in [0.25, 0.3) is 0 Å². The van der Waals surface area contributed by atoms with Crippen molar-refractivity contribution >= 4 is 49.4 Å². The Hall–Kier alpha value is 0.260. The molecule has 5 heteroatoms. The number of hydrogen-bond acceptors (Lipinski definition) is 3. The summed E-state index contributed by atoms with van der Waals surface area (Å²) in [5.74, 6) is 2.27. The molecule has 1 unspecified atom stereocenters. The predicted octanol–water partition coefficient (Wildman–Crippen LogP) is 3.94. The summed E-state index contributed by atoms with van der Waals surface area (Å²) in [4.78, 5) is 6.87. The molecule has 0 aliphatic carbocycles. The van der Waals surface area contributed by atoms with Crippen molar-refractivity contribution in [3.8, 4) is 0 Å². The van der Waals surface area contributed by atoms with E-state index in [2.05, 4.69) is 66.5 Å². The summed E-state index contributed by atoms with van der Waals surface area (Å²) in [6, 6.07) is 2.06. The van der Waals surface area contributed by atoms with E-state index >= 15 is 0 Å². The average molecular weight is 366 g/mol.